The lowest BCUT2D eigenvalue weighted by molar-refractivity contribution is -0.119. The van der Waals surface area contributed by atoms with Crippen LogP contribution in [-0.4, -0.2) is 27.4 Å². The Morgan fingerprint density at radius 3 is 2.47 bits per heavy atom. The molecule has 0 saturated heterocycles. The predicted octanol–water partition coefficient (Wildman–Crippen LogP) is 1.53. The van der Waals surface area contributed by atoms with E-state index in [4.69, 9.17) is 11.6 Å². The van der Waals surface area contributed by atoms with Crippen molar-refractivity contribution in [3.05, 3.63) is 29.3 Å². The van der Waals surface area contributed by atoms with Crippen molar-refractivity contribution < 1.29 is 13.2 Å². The molecule has 0 aliphatic heterocycles. The van der Waals surface area contributed by atoms with E-state index in [9.17, 15) is 13.2 Å². The Morgan fingerprint density at radius 1 is 1.26 bits per heavy atom. The summed E-state index contributed by atoms with van der Waals surface area (Å²) in [7, 11) is -3.67. The van der Waals surface area contributed by atoms with Gasteiger partial charge in [0, 0.05) is 11.6 Å². The van der Waals surface area contributed by atoms with Crippen LogP contribution in [0.1, 0.15) is 19.8 Å². The number of benzene rings is 1. The summed E-state index contributed by atoms with van der Waals surface area (Å²) in [5, 5.41) is 3.08. The summed E-state index contributed by atoms with van der Waals surface area (Å²) in [4.78, 5) is 11.5. The van der Waals surface area contributed by atoms with Gasteiger partial charge in [0.25, 0.3) is 0 Å². The molecule has 2 N–H and O–H groups in total. The number of unbranched alkanes of at least 4 members (excludes halogenated alkanes) is 1. The molecular weight excluding hydrogens is 288 g/mol. The van der Waals surface area contributed by atoms with Crippen LogP contribution in [0.3, 0.4) is 0 Å². The lowest BCUT2D eigenvalue weighted by Crippen LogP contribution is -2.37. The Balaban J connectivity index is 2.51. The first kappa shape index (κ1) is 15.9. The fourth-order valence-electron chi connectivity index (χ4n) is 1.32. The molecule has 7 heteroatoms. The van der Waals surface area contributed by atoms with Crippen molar-refractivity contribution in [1.29, 1.82) is 0 Å². The molecule has 0 saturated carbocycles. The molecule has 0 unspecified atom stereocenters. The van der Waals surface area contributed by atoms with Crippen molar-refractivity contribution in [1.82, 2.24) is 10.0 Å². The zero-order valence-corrected chi connectivity index (χ0v) is 12.2. The highest BCUT2D eigenvalue weighted by molar-refractivity contribution is 7.89. The largest absolute Gasteiger partial charge is 0.355 e. The van der Waals surface area contributed by atoms with Gasteiger partial charge in [-0.25, -0.2) is 13.1 Å². The number of hydrogen-bond donors (Lipinski definition) is 2. The molecule has 19 heavy (non-hydrogen) atoms. The summed E-state index contributed by atoms with van der Waals surface area (Å²) < 4.78 is 25.9. The second kappa shape index (κ2) is 7.47. The zero-order valence-electron chi connectivity index (χ0n) is 10.6. The van der Waals surface area contributed by atoms with E-state index in [2.05, 4.69) is 10.0 Å². The Labute approximate surface area is 118 Å². The maximum absolute atomic E-state index is 11.8. The molecule has 1 aromatic rings. The normalized spacial score (nSPS) is 11.3. The van der Waals surface area contributed by atoms with Crippen LogP contribution in [0.15, 0.2) is 29.2 Å². The maximum Gasteiger partial charge on any atom is 0.241 e. The molecule has 0 radical (unpaired) electrons. The smallest absolute Gasteiger partial charge is 0.241 e. The monoisotopic (exact) mass is 304 g/mol. The van der Waals surface area contributed by atoms with E-state index in [-0.39, 0.29) is 17.3 Å². The third kappa shape index (κ3) is 5.59. The highest BCUT2D eigenvalue weighted by atomic mass is 35.5. The number of rotatable bonds is 7. The van der Waals surface area contributed by atoms with E-state index in [0.717, 1.165) is 12.8 Å². The van der Waals surface area contributed by atoms with Gasteiger partial charge in [0.15, 0.2) is 0 Å². The lowest BCUT2D eigenvalue weighted by atomic mass is 10.3. The van der Waals surface area contributed by atoms with Gasteiger partial charge in [-0.1, -0.05) is 24.9 Å². The summed E-state index contributed by atoms with van der Waals surface area (Å²) in [6, 6.07) is 5.74. The Bertz CT molecular complexity index is 514. The van der Waals surface area contributed by atoms with Gasteiger partial charge in [0.2, 0.25) is 15.9 Å². The molecular formula is C12H17ClN2O3S. The fourth-order valence-corrected chi connectivity index (χ4v) is 2.43. The molecule has 0 aromatic heterocycles. The van der Waals surface area contributed by atoms with Crippen molar-refractivity contribution in [3.8, 4) is 0 Å². The molecule has 0 spiro atoms. The predicted molar refractivity (Wildman–Crippen MR) is 74.6 cm³/mol. The molecule has 1 amide bonds. The first-order valence-electron chi connectivity index (χ1n) is 5.97. The lowest BCUT2D eigenvalue weighted by Gasteiger charge is -2.07. The van der Waals surface area contributed by atoms with E-state index < -0.39 is 10.0 Å². The SMILES string of the molecule is CCCCNC(=O)CNS(=O)(=O)c1ccc(Cl)cc1. The molecule has 106 valence electrons. The molecule has 1 aromatic carbocycles. The van der Waals surface area contributed by atoms with E-state index in [1.807, 2.05) is 6.92 Å². The minimum absolute atomic E-state index is 0.0817. The van der Waals surface area contributed by atoms with Crippen LogP contribution in [0.25, 0.3) is 0 Å². The Morgan fingerprint density at radius 2 is 1.89 bits per heavy atom. The van der Waals surface area contributed by atoms with E-state index in [0.29, 0.717) is 11.6 Å². The van der Waals surface area contributed by atoms with Crippen LogP contribution in [0.5, 0.6) is 0 Å². The zero-order chi connectivity index (χ0) is 14.3. The van der Waals surface area contributed by atoms with E-state index >= 15 is 0 Å². The van der Waals surface area contributed by atoms with Gasteiger partial charge in [0.05, 0.1) is 11.4 Å². The summed E-state index contributed by atoms with van der Waals surface area (Å²) in [5.41, 5.74) is 0. The average Bonchev–Trinajstić information content (AvgIpc) is 2.37. The maximum atomic E-state index is 11.8. The van der Waals surface area contributed by atoms with Gasteiger partial charge in [-0.3, -0.25) is 4.79 Å². The molecule has 5 nitrogen and oxygen atoms in total. The van der Waals surface area contributed by atoms with Gasteiger partial charge < -0.3 is 5.32 Å². The van der Waals surface area contributed by atoms with Crippen molar-refractivity contribution >= 4 is 27.5 Å². The topological polar surface area (TPSA) is 75.3 Å². The van der Waals surface area contributed by atoms with E-state index in [1.165, 1.54) is 24.3 Å². The van der Waals surface area contributed by atoms with Gasteiger partial charge in [-0.15, -0.1) is 0 Å². The highest BCUT2D eigenvalue weighted by Gasteiger charge is 2.14. The summed E-state index contributed by atoms with van der Waals surface area (Å²) in [6.45, 7) is 2.29. The molecule has 0 aliphatic carbocycles. The van der Waals surface area contributed by atoms with Crippen LogP contribution in [0.4, 0.5) is 0 Å². The third-order valence-corrected chi connectivity index (χ3v) is 4.07. The molecule has 0 heterocycles. The van der Waals surface area contributed by atoms with Gasteiger partial charge in [-0.2, -0.15) is 0 Å². The van der Waals surface area contributed by atoms with Crippen molar-refractivity contribution in [3.63, 3.8) is 0 Å². The van der Waals surface area contributed by atoms with Gasteiger partial charge in [-0.05, 0) is 30.7 Å². The summed E-state index contributed by atoms with van der Waals surface area (Å²) in [6.07, 6.45) is 1.84. The van der Waals surface area contributed by atoms with Crippen LogP contribution in [-0.2, 0) is 14.8 Å². The summed E-state index contributed by atoms with van der Waals surface area (Å²) >= 11 is 5.68. The first-order chi connectivity index (χ1) is 8.95. The van der Waals surface area contributed by atoms with Crippen molar-refractivity contribution in [2.75, 3.05) is 13.1 Å². The molecule has 0 aliphatic rings. The second-order valence-corrected chi connectivity index (χ2v) is 6.19. The number of carbonyl (C=O) groups is 1. The Kier molecular flexibility index (Phi) is 6.27. The number of sulfonamides is 1. The van der Waals surface area contributed by atoms with Gasteiger partial charge >= 0.3 is 0 Å². The minimum atomic E-state index is -3.67. The molecule has 0 atom stereocenters. The molecule has 1 rings (SSSR count). The standard InChI is InChI=1S/C12H17ClN2O3S/c1-2-3-8-14-12(16)9-15-19(17,18)11-6-4-10(13)5-7-11/h4-7,15H,2-3,8-9H2,1H3,(H,14,16). The number of carbonyl (C=O) groups excluding carboxylic acids is 1. The quantitative estimate of drug-likeness (QED) is 0.750. The number of halogens is 1. The minimum Gasteiger partial charge on any atom is -0.355 e. The van der Waals surface area contributed by atoms with Crippen LogP contribution < -0.4 is 10.0 Å². The summed E-state index contributed by atoms with van der Waals surface area (Å²) in [5.74, 6) is -0.342. The Hall–Kier alpha value is -1.11. The number of hydrogen-bond acceptors (Lipinski definition) is 3. The number of nitrogens with one attached hydrogen (secondary N) is 2. The van der Waals surface area contributed by atoms with Gasteiger partial charge in [0.1, 0.15) is 0 Å². The number of amides is 1. The van der Waals surface area contributed by atoms with Crippen LogP contribution in [0.2, 0.25) is 5.02 Å². The fraction of sp³-hybridized carbons (Fsp3) is 0.417. The molecule has 0 fully saturated rings. The van der Waals surface area contributed by atoms with Crippen LogP contribution in [0, 0.1) is 0 Å². The molecule has 0 bridgehead atoms. The van der Waals surface area contributed by atoms with Crippen LogP contribution >= 0.6 is 11.6 Å². The van der Waals surface area contributed by atoms with E-state index in [1.54, 1.807) is 0 Å². The average molecular weight is 305 g/mol. The highest BCUT2D eigenvalue weighted by Crippen LogP contribution is 2.13. The van der Waals surface area contributed by atoms with Crippen molar-refractivity contribution in [2.45, 2.75) is 24.7 Å². The third-order valence-electron chi connectivity index (χ3n) is 2.40. The second-order valence-electron chi connectivity index (χ2n) is 3.98. The van der Waals surface area contributed by atoms with Crippen molar-refractivity contribution in [2.24, 2.45) is 0 Å². The first-order valence-corrected chi connectivity index (χ1v) is 7.83.